The third-order valence-electron chi connectivity index (χ3n) is 2.65. The van der Waals surface area contributed by atoms with Crippen LogP contribution in [0.4, 0.5) is 10.5 Å². The zero-order chi connectivity index (χ0) is 11.7. The van der Waals surface area contributed by atoms with Gasteiger partial charge in [-0.3, -0.25) is 4.90 Å². The highest BCUT2D eigenvalue weighted by atomic mass is 79.9. The van der Waals surface area contributed by atoms with Crippen LogP contribution in [0.2, 0.25) is 0 Å². The zero-order valence-corrected chi connectivity index (χ0v) is 10.5. The fourth-order valence-electron chi connectivity index (χ4n) is 1.82. The van der Waals surface area contributed by atoms with Gasteiger partial charge in [-0.05, 0) is 30.7 Å². The highest BCUT2D eigenvalue weighted by Crippen LogP contribution is 2.28. The van der Waals surface area contributed by atoms with Gasteiger partial charge >= 0.3 is 6.09 Å². The molecule has 1 aromatic rings. The number of nitrogens with zero attached hydrogens (tertiary/aromatic N) is 1. The van der Waals surface area contributed by atoms with Gasteiger partial charge in [0.05, 0.1) is 11.7 Å². The van der Waals surface area contributed by atoms with Gasteiger partial charge in [0.25, 0.3) is 0 Å². The summed E-state index contributed by atoms with van der Waals surface area (Å²) in [6.45, 7) is 2.73. The van der Waals surface area contributed by atoms with Crippen molar-refractivity contribution in [1.29, 1.82) is 0 Å². The Morgan fingerprint density at radius 3 is 3.00 bits per heavy atom. The van der Waals surface area contributed by atoms with Crippen LogP contribution < -0.4 is 10.6 Å². The second kappa shape index (κ2) is 4.43. The summed E-state index contributed by atoms with van der Waals surface area (Å²) in [5, 5.41) is 0. The van der Waals surface area contributed by atoms with Gasteiger partial charge in [-0.2, -0.15) is 0 Å². The number of halogens is 1. The van der Waals surface area contributed by atoms with Crippen molar-refractivity contribution in [2.75, 3.05) is 18.1 Å². The molecular formula is C11H13BrN2O2. The molecule has 2 N–H and O–H groups in total. The lowest BCUT2D eigenvalue weighted by molar-refractivity contribution is 0.179. The van der Waals surface area contributed by atoms with Gasteiger partial charge in [0.15, 0.2) is 0 Å². The monoisotopic (exact) mass is 284 g/mol. The number of rotatable bonds is 2. The van der Waals surface area contributed by atoms with Gasteiger partial charge in [0.1, 0.15) is 6.61 Å². The number of cyclic esters (lactones) is 1. The predicted octanol–water partition coefficient (Wildman–Crippen LogP) is 2.04. The number of aryl methyl sites for hydroxylation is 1. The van der Waals surface area contributed by atoms with Gasteiger partial charge in [-0.1, -0.05) is 15.9 Å². The topological polar surface area (TPSA) is 55.6 Å². The first-order valence-electron chi connectivity index (χ1n) is 5.05. The quantitative estimate of drug-likeness (QED) is 0.904. The number of benzene rings is 1. The molecule has 0 bridgehead atoms. The summed E-state index contributed by atoms with van der Waals surface area (Å²) >= 11 is 3.39. The third-order valence-corrected chi connectivity index (χ3v) is 3.14. The maximum atomic E-state index is 11.6. The number of nitrogens with two attached hydrogens (primary N) is 1. The van der Waals surface area contributed by atoms with E-state index in [1.54, 1.807) is 4.90 Å². The van der Waals surface area contributed by atoms with Crippen molar-refractivity contribution in [3.05, 3.63) is 28.2 Å². The van der Waals surface area contributed by atoms with Crippen molar-refractivity contribution in [1.82, 2.24) is 0 Å². The molecule has 0 aromatic heterocycles. The van der Waals surface area contributed by atoms with Crippen LogP contribution in [-0.2, 0) is 4.74 Å². The molecule has 0 radical (unpaired) electrons. The maximum absolute atomic E-state index is 11.6. The summed E-state index contributed by atoms with van der Waals surface area (Å²) in [6.07, 6.45) is -0.319. The highest BCUT2D eigenvalue weighted by molar-refractivity contribution is 9.10. The lowest BCUT2D eigenvalue weighted by Crippen LogP contribution is -2.39. The predicted molar refractivity (Wildman–Crippen MR) is 65.5 cm³/mol. The van der Waals surface area contributed by atoms with Gasteiger partial charge in [-0.15, -0.1) is 0 Å². The largest absolute Gasteiger partial charge is 0.447 e. The van der Waals surface area contributed by atoms with E-state index in [-0.39, 0.29) is 12.1 Å². The molecule has 1 fully saturated rings. The van der Waals surface area contributed by atoms with Crippen LogP contribution in [0.15, 0.2) is 22.7 Å². The fraction of sp³-hybridized carbons (Fsp3) is 0.364. The minimum absolute atomic E-state index is 0.0626. The molecule has 0 aliphatic carbocycles. The van der Waals surface area contributed by atoms with E-state index in [9.17, 15) is 4.79 Å². The third kappa shape index (κ3) is 1.92. The lowest BCUT2D eigenvalue weighted by Gasteiger charge is -2.22. The summed E-state index contributed by atoms with van der Waals surface area (Å²) < 4.78 is 6.00. The Kier molecular flexibility index (Phi) is 3.16. The summed E-state index contributed by atoms with van der Waals surface area (Å²) in [5.74, 6) is 0. The normalized spacial score (nSPS) is 20.1. The number of hydrogen-bond donors (Lipinski definition) is 1. The highest BCUT2D eigenvalue weighted by Gasteiger charge is 2.33. The van der Waals surface area contributed by atoms with E-state index in [0.717, 1.165) is 15.7 Å². The van der Waals surface area contributed by atoms with Crippen molar-refractivity contribution >= 4 is 27.7 Å². The molecule has 1 saturated heterocycles. The van der Waals surface area contributed by atoms with Crippen molar-refractivity contribution in [2.45, 2.75) is 13.0 Å². The van der Waals surface area contributed by atoms with Crippen LogP contribution in [0.1, 0.15) is 5.56 Å². The Balaban J connectivity index is 2.38. The second-order valence-corrected chi connectivity index (χ2v) is 4.68. The lowest BCUT2D eigenvalue weighted by atomic mass is 10.1. The van der Waals surface area contributed by atoms with Crippen LogP contribution in [-0.4, -0.2) is 25.3 Å². The fourth-order valence-corrected chi connectivity index (χ4v) is 2.29. The van der Waals surface area contributed by atoms with E-state index in [4.69, 9.17) is 10.5 Å². The molecule has 4 nitrogen and oxygen atoms in total. The molecular weight excluding hydrogens is 272 g/mol. The molecule has 1 unspecified atom stereocenters. The molecule has 0 saturated carbocycles. The average Bonchev–Trinajstić information content (AvgIpc) is 2.60. The molecule has 2 rings (SSSR count). The molecule has 1 aliphatic rings. The molecule has 1 amide bonds. The maximum Gasteiger partial charge on any atom is 0.414 e. The number of amides is 1. The van der Waals surface area contributed by atoms with E-state index >= 15 is 0 Å². The minimum atomic E-state index is -0.319. The minimum Gasteiger partial charge on any atom is -0.447 e. The molecule has 1 aliphatic heterocycles. The van der Waals surface area contributed by atoms with Crippen molar-refractivity contribution < 1.29 is 9.53 Å². The van der Waals surface area contributed by atoms with Gasteiger partial charge in [0.2, 0.25) is 0 Å². The van der Waals surface area contributed by atoms with Crippen LogP contribution in [0, 0.1) is 6.92 Å². The van der Waals surface area contributed by atoms with Gasteiger partial charge in [0, 0.05) is 11.0 Å². The van der Waals surface area contributed by atoms with E-state index in [2.05, 4.69) is 15.9 Å². The zero-order valence-electron chi connectivity index (χ0n) is 8.94. The average molecular weight is 285 g/mol. The smallest absolute Gasteiger partial charge is 0.414 e. The van der Waals surface area contributed by atoms with Crippen LogP contribution in [0.25, 0.3) is 0 Å². The molecule has 0 spiro atoms. The first kappa shape index (κ1) is 11.4. The second-order valence-electron chi connectivity index (χ2n) is 3.77. The molecule has 1 heterocycles. The molecule has 16 heavy (non-hydrogen) atoms. The Morgan fingerprint density at radius 1 is 1.62 bits per heavy atom. The standard InChI is InChI=1S/C11H13BrN2O2/c1-7-4-8(12)2-3-10(7)14-9(5-13)6-16-11(14)15/h2-4,9H,5-6,13H2,1H3. The Labute approximate surface area is 102 Å². The molecule has 1 atom stereocenters. The number of carbonyl (C=O) groups excluding carboxylic acids is 1. The van der Waals surface area contributed by atoms with Crippen LogP contribution in [0.3, 0.4) is 0 Å². The molecule has 1 aromatic carbocycles. The Morgan fingerprint density at radius 2 is 2.38 bits per heavy atom. The first-order chi connectivity index (χ1) is 7.63. The van der Waals surface area contributed by atoms with Crippen LogP contribution in [0.5, 0.6) is 0 Å². The summed E-state index contributed by atoms with van der Waals surface area (Å²) in [4.78, 5) is 13.2. The van der Waals surface area contributed by atoms with Gasteiger partial charge < -0.3 is 10.5 Å². The Hall–Kier alpha value is -1.07. The van der Waals surface area contributed by atoms with E-state index in [1.807, 2.05) is 25.1 Å². The SMILES string of the molecule is Cc1cc(Br)ccc1N1C(=O)OCC1CN. The number of hydrogen-bond acceptors (Lipinski definition) is 3. The van der Waals surface area contributed by atoms with Crippen molar-refractivity contribution in [3.8, 4) is 0 Å². The number of carbonyl (C=O) groups is 1. The first-order valence-corrected chi connectivity index (χ1v) is 5.85. The molecule has 5 heteroatoms. The Bertz CT molecular complexity index is 422. The van der Waals surface area contributed by atoms with E-state index in [0.29, 0.717) is 13.2 Å². The van der Waals surface area contributed by atoms with Crippen molar-refractivity contribution in [2.24, 2.45) is 5.73 Å². The van der Waals surface area contributed by atoms with E-state index < -0.39 is 0 Å². The summed E-state index contributed by atoms with van der Waals surface area (Å²) in [7, 11) is 0. The number of ether oxygens (including phenoxy) is 1. The van der Waals surface area contributed by atoms with E-state index in [1.165, 1.54) is 0 Å². The van der Waals surface area contributed by atoms with Gasteiger partial charge in [-0.25, -0.2) is 4.79 Å². The number of anilines is 1. The summed E-state index contributed by atoms with van der Waals surface area (Å²) in [6, 6.07) is 5.71. The summed E-state index contributed by atoms with van der Waals surface area (Å²) in [5.41, 5.74) is 7.50. The molecule has 86 valence electrons. The van der Waals surface area contributed by atoms with Crippen molar-refractivity contribution in [3.63, 3.8) is 0 Å². The van der Waals surface area contributed by atoms with Crippen LogP contribution >= 0.6 is 15.9 Å².